The second kappa shape index (κ2) is 6.62. The van der Waals surface area contributed by atoms with Gasteiger partial charge in [-0.05, 0) is 31.8 Å². The molecule has 86 valence electrons. The van der Waals surface area contributed by atoms with E-state index in [1.54, 1.807) is 7.05 Å². The van der Waals surface area contributed by atoms with Gasteiger partial charge in [0.25, 0.3) is 0 Å². The third-order valence-electron chi connectivity index (χ3n) is 2.84. The maximum absolute atomic E-state index is 11.1. The largest absolute Gasteiger partial charge is 0.364 e. The Labute approximate surface area is 91.9 Å². The Morgan fingerprint density at radius 2 is 2.33 bits per heavy atom. The Kier molecular flexibility index (Phi) is 5.40. The highest BCUT2D eigenvalue weighted by atomic mass is 16.5. The summed E-state index contributed by atoms with van der Waals surface area (Å²) >= 11 is 0. The van der Waals surface area contributed by atoms with Crippen LogP contribution in [0.3, 0.4) is 0 Å². The highest BCUT2D eigenvalue weighted by Crippen LogP contribution is 2.19. The zero-order chi connectivity index (χ0) is 11.1. The molecule has 1 aliphatic carbocycles. The molecule has 0 bridgehead atoms. The van der Waals surface area contributed by atoms with Crippen LogP contribution in [0.4, 0.5) is 0 Å². The van der Waals surface area contributed by atoms with Crippen LogP contribution in [0.2, 0.25) is 0 Å². The SMILES string of the molecule is CNC(=O)COC1CCCCCC=C1C. The van der Waals surface area contributed by atoms with Crippen molar-refractivity contribution in [2.45, 2.75) is 45.1 Å². The molecule has 0 heterocycles. The van der Waals surface area contributed by atoms with Crippen molar-refractivity contribution < 1.29 is 9.53 Å². The fraction of sp³-hybridized carbons (Fsp3) is 0.750. The molecule has 3 nitrogen and oxygen atoms in total. The van der Waals surface area contributed by atoms with E-state index < -0.39 is 0 Å². The van der Waals surface area contributed by atoms with Crippen molar-refractivity contribution in [2.24, 2.45) is 0 Å². The molecule has 0 fully saturated rings. The topological polar surface area (TPSA) is 38.3 Å². The molecule has 1 N–H and O–H groups in total. The van der Waals surface area contributed by atoms with E-state index in [9.17, 15) is 4.79 Å². The number of nitrogens with one attached hydrogen (secondary N) is 1. The zero-order valence-electron chi connectivity index (χ0n) is 9.71. The Morgan fingerprint density at radius 1 is 1.53 bits per heavy atom. The third-order valence-corrected chi connectivity index (χ3v) is 2.84. The first-order valence-electron chi connectivity index (χ1n) is 5.73. The Morgan fingerprint density at radius 3 is 3.07 bits per heavy atom. The summed E-state index contributed by atoms with van der Waals surface area (Å²) in [4.78, 5) is 11.1. The van der Waals surface area contributed by atoms with Gasteiger partial charge in [-0.25, -0.2) is 0 Å². The molecule has 0 radical (unpaired) electrons. The van der Waals surface area contributed by atoms with Crippen molar-refractivity contribution in [1.29, 1.82) is 0 Å². The zero-order valence-corrected chi connectivity index (χ0v) is 9.71. The molecule has 0 aromatic heterocycles. The molecule has 0 saturated carbocycles. The fourth-order valence-corrected chi connectivity index (χ4v) is 1.80. The van der Waals surface area contributed by atoms with Crippen LogP contribution in [-0.2, 0) is 9.53 Å². The number of amides is 1. The van der Waals surface area contributed by atoms with E-state index in [0.717, 1.165) is 12.8 Å². The van der Waals surface area contributed by atoms with Gasteiger partial charge in [0.2, 0.25) is 5.91 Å². The molecule has 1 rings (SSSR count). The first-order chi connectivity index (χ1) is 7.24. The third kappa shape index (κ3) is 4.47. The lowest BCUT2D eigenvalue weighted by Gasteiger charge is -2.20. The molecule has 1 unspecified atom stereocenters. The molecular formula is C12H21NO2. The number of carbonyl (C=O) groups excluding carboxylic acids is 1. The van der Waals surface area contributed by atoms with Crippen molar-refractivity contribution in [3.05, 3.63) is 11.6 Å². The number of ether oxygens (including phenoxy) is 1. The van der Waals surface area contributed by atoms with Crippen molar-refractivity contribution in [3.63, 3.8) is 0 Å². The highest BCUT2D eigenvalue weighted by molar-refractivity contribution is 5.76. The highest BCUT2D eigenvalue weighted by Gasteiger charge is 2.14. The molecule has 1 aliphatic rings. The van der Waals surface area contributed by atoms with E-state index in [1.807, 2.05) is 0 Å². The second-order valence-electron chi connectivity index (χ2n) is 4.06. The summed E-state index contributed by atoms with van der Waals surface area (Å²) in [7, 11) is 1.63. The lowest BCUT2D eigenvalue weighted by molar-refractivity contribution is -0.126. The van der Waals surface area contributed by atoms with Crippen LogP contribution in [0.25, 0.3) is 0 Å². The van der Waals surface area contributed by atoms with E-state index in [0.29, 0.717) is 0 Å². The maximum Gasteiger partial charge on any atom is 0.245 e. The van der Waals surface area contributed by atoms with Crippen LogP contribution < -0.4 is 5.32 Å². The number of allylic oxidation sites excluding steroid dienone is 1. The summed E-state index contributed by atoms with van der Waals surface area (Å²) in [6, 6.07) is 0. The van der Waals surface area contributed by atoms with Gasteiger partial charge in [0, 0.05) is 7.05 Å². The molecule has 0 spiro atoms. The molecule has 0 saturated heterocycles. The predicted molar refractivity (Wildman–Crippen MR) is 60.6 cm³/mol. The molecule has 1 amide bonds. The Hall–Kier alpha value is -0.830. The summed E-state index contributed by atoms with van der Waals surface area (Å²) in [6.07, 6.45) is 8.31. The standard InChI is InChI=1S/C12H21NO2/c1-10-7-5-3-4-6-8-11(10)15-9-12(14)13-2/h7,11H,3-6,8-9H2,1-2H3,(H,13,14). The minimum Gasteiger partial charge on any atom is -0.364 e. The lowest BCUT2D eigenvalue weighted by Crippen LogP contribution is -2.27. The predicted octanol–water partition coefficient (Wildman–Crippen LogP) is 2.03. The summed E-state index contributed by atoms with van der Waals surface area (Å²) in [5, 5.41) is 2.56. The minimum absolute atomic E-state index is 0.0511. The first-order valence-corrected chi connectivity index (χ1v) is 5.73. The van der Waals surface area contributed by atoms with E-state index in [2.05, 4.69) is 18.3 Å². The van der Waals surface area contributed by atoms with Crippen LogP contribution in [0.1, 0.15) is 39.0 Å². The van der Waals surface area contributed by atoms with Gasteiger partial charge in [0.15, 0.2) is 0 Å². The molecule has 0 aliphatic heterocycles. The van der Waals surface area contributed by atoms with Crippen molar-refractivity contribution in [3.8, 4) is 0 Å². The van der Waals surface area contributed by atoms with Crippen LogP contribution in [0.15, 0.2) is 11.6 Å². The van der Waals surface area contributed by atoms with Gasteiger partial charge < -0.3 is 10.1 Å². The van der Waals surface area contributed by atoms with Gasteiger partial charge in [0.1, 0.15) is 6.61 Å². The second-order valence-corrected chi connectivity index (χ2v) is 4.06. The van der Waals surface area contributed by atoms with Crippen molar-refractivity contribution in [1.82, 2.24) is 5.32 Å². The number of rotatable bonds is 3. The quantitative estimate of drug-likeness (QED) is 0.725. The molecule has 15 heavy (non-hydrogen) atoms. The minimum atomic E-state index is -0.0511. The molecular weight excluding hydrogens is 190 g/mol. The summed E-state index contributed by atoms with van der Waals surface area (Å²) < 4.78 is 5.60. The number of carbonyl (C=O) groups is 1. The van der Waals surface area contributed by atoms with E-state index in [-0.39, 0.29) is 18.6 Å². The molecule has 3 heteroatoms. The van der Waals surface area contributed by atoms with Crippen molar-refractivity contribution in [2.75, 3.05) is 13.7 Å². The number of likely N-dealkylation sites (N-methyl/N-ethyl adjacent to an activating group) is 1. The number of hydrogen-bond acceptors (Lipinski definition) is 2. The van der Waals surface area contributed by atoms with Gasteiger partial charge in [-0.15, -0.1) is 0 Å². The smallest absolute Gasteiger partial charge is 0.245 e. The van der Waals surface area contributed by atoms with Gasteiger partial charge in [-0.3, -0.25) is 4.79 Å². The van der Waals surface area contributed by atoms with Crippen molar-refractivity contribution >= 4 is 5.91 Å². The van der Waals surface area contributed by atoms with Gasteiger partial charge in [-0.1, -0.05) is 18.9 Å². The van der Waals surface area contributed by atoms with Crippen LogP contribution in [-0.4, -0.2) is 25.7 Å². The van der Waals surface area contributed by atoms with Gasteiger partial charge in [0.05, 0.1) is 6.10 Å². The van der Waals surface area contributed by atoms with Gasteiger partial charge in [-0.2, -0.15) is 0 Å². The molecule has 0 aromatic rings. The van der Waals surface area contributed by atoms with Crippen LogP contribution >= 0.6 is 0 Å². The average molecular weight is 211 g/mol. The molecule has 0 aromatic carbocycles. The monoisotopic (exact) mass is 211 g/mol. The van der Waals surface area contributed by atoms with E-state index in [1.165, 1.54) is 24.8 Å². The number of hydrogen-bond donors (Lipinski definition) is 1. The van der Waals surface area contributed by atoms with Crippen LogP contribution in [0, 0.1) is 0 Å². The lowest BCUT2D eigenvalue weighted by atomic mass is 9.98. The summed E-state index contributed by atoms with van der Waals surface area (Å²) in [6.45, 7) is 2.27. The van der Waals surface area contributed by atoms with E-state index >= 15 is 0 Å². The Bertz CT molecular complexity index is 236. The normalized spacial score (nSPS) is 22.5. The molecule has 1 atom stereocenters. The summed E-state index contributed by atoms with van der Waals surface area (Å²) in [5.41, 5.74) is 1.28. The van der Waals surface area contributed by atoms with E-state index in [4.69, 9.17) is 4.74 Å². The summed E-state index contributed by atoms with van der Waals surface area (Å²) in [5.74, 6) is -0.0511. The van der Waals surface area contributed by atoms with Crippen LogP contribution in [0.5, 0.6) is 0 Å². The fourth-order valence-electron chi connectivity index (χ4n) is 1.80. The Balaban J connectivity index is 2.42. The maximum atomic E-state index is 11.1. The average Bonchev–Trinajstić information content (AvgIpc) is 2.22. The first kappa shape index (κ1) is 12.2. The van der Waals surface area contributed by atoms with Gasteiger partial charge >= 0.3 is 0 Å².